The average Bonchev–Trinajstić information content (AvgIpc) is 3.32. The molecule has 0 saturated carbocycles. The molecule has 3 rings (SSSR count). The van der Waals surface area contributed by atoms with Gasteiger partial charge in [-0.25, -0.2) is 0 Å². The largest absolute Gasteiger partial charge is 0.497 e. The first-order valence-electron chi connectivity index (χ1n) is 10.4. The van der Waals surface area contributed by atoms with E-state index in [1.807, 2.05) is 25.1 Å². The molecule has 9 heteroatoms. The Balaban J connectivity index is 0.00000341. The van der Waals surface area contributed by atoms with E-state index < -0.39 is 6.10 Å². The second-order valence-corrected chi connectivity index (χ2v) is 7.23. The summed E-state index contributed by atoms with van der Waals surface area (Å²) in [6.07, 6.45) is 2.76. The molecule has 3 N–H and O–H groups in total. The fourth-order valence-electron chi connectivity index (χ4n) is 3.52. The van der Waals surface area contributed by atoms with Crippen LogP contribution in [0.1, 0.15) is 31.6 Å². The van der Waals surface area contributed by atoms with Crippen LogP contribution in [0.25, 0.3) is 0 Å². The van der Waals surface area contributed by atoms with Gasteiger partial charge < -0.3 is 34.5 Å². The van der Waals surface area contributed by atoms with Gasteiger partial charge in [-0.2, -0.15) is 0 Å². The summed E-state index contributed by atoms with van der Waals surface area (Å²) in [6, 6.07) is 9.79. The Kier molecular flexibility index (Phi) is 10.3. The number of ether oxygens (including phenoxy) is 2. The van der Waals surface area contributed by atoms with Crippen LogP contribution in [-0.4, -0.2) is 57.5 Å². The molecule has 1 saturated heterocycles. The van der Waals surface area contributed by atoms with Crippen LogP contribution in [0.2, 0.25) is 0 Å². The molecule has 1 aliphatic rings. The molecule has 31 heavy (non-hydrogen) atoms. The second-order valence-electron chi connectivity index (χ2n) is 7.23. The molecule has 1 aromatic heterocycles. The number of anilines is 1. The minimum atomic E-state index is -0.750. The minimum absolute atomic E-state index is 0. The summed E-state index contributed by atoms with van der Waals surface area (Å²) in [7, 11) is 3.33. The van der Waals surface area contributed by atoms with Crippen LogP contribution in [0, 0.1) is 0 Å². The van der Waals surface area contributed by atoms with Crippen molar-refractivity contribution in [2.24, 2.45) is 4.99 Å². The number of benzene rings is 1. The maximum Gasteiger partial charge on any atom is 0.191 e. The normalized spacial score (nSPS) is 15.7. The number of aliphatic hydroxyl groups is 1. The summed E-state index contributed by atoms with van der Waals surface area (Å²) < 4.78 is 16.0. The summed E-state index contributed by atoms with van der Waals surface area (Å²) in [5.74, 6) is 2.82. The topological polar surface area (TPSA) is 91.5 Å². The van der Waals surface area contributed by atoms with Crippen molar-refractivity contribution < 1.29 is 19.0 Å². The van der Waals surface area contributed by atoms with Crippen LogP contribution in [0.15, 0.2) is 46.0 Å². The number of furan rings is 1. The Labute approximate surface area is 201 Å². The third-order valence-corrected chi connectivity index (χ3v) is 5.18. The van der Waals surface area contributed by atoms with Crippen LogP contribution < -0.4 is 25.0 Å². The highest BCUT2D eigenvalue weighted by molar-refractivity contribution is 14.0. The van der Waals surface area contributed by atoms with E-state index in [4.69, 9.17) is 13.9 Å². The van der Waals surface area contributed by atoms with Crippen molar-refractivity contribution in [2.45, 2.75) is 31.9 Å². The van der Waals surface area contributed by atoms with E-state index in [-0.39, 0.29) is 30.5 Å². The number of aliphatic imine (C=N–C) groups is 1. The summed E-state index contributed by atoms with van der Waals surface area (Å²) >= 11 is 0. The highest BCUT2D eigenvalue weighted by atomic mass is 127. The van der Waals surface area contributed by atoms with Gasteiger partial charge in [0.15, 0.2) is 5.96 Å². The zero-order valence-corrected chi connectivity index (χ0v) is 20.7. The van der Waals surface area contributed by atoms with Crippen molar-refractivity contribution in [3.8, 4) is 11.5 Å². The highest BCUT2D eigenvalue weighted by Gasteiger charge is 2.21. The quantitative estimate of drug-likeness (QED) is 0.267. The van der Waals surface area contributed by atoms with E-state index in [0.717, 1.165) is 49.7 Å². The molecule has 8 nitrogen and oxygen atoms in total. The number of hydrogen-bond acceptors (Lipinski definition) is 6. The van der Waals surface area contributed by atoms with Crippen LogP contribution in [0.3, 0.4) is 0 Å². The van der Waals surface area contributed by atoms with Gasteiger partial charge in [0, 0.05) is 49.6 Å². The van der Waals surface area contributed by atoms with Crippen LogP contribution in [0.5, 0.6) is 11.5 Å². The van der Waals surface area contributed by atoms with Gasteiger partial charge in [-0.1, -0.05) is 0 Å². The van der Waals surface area contributed by atoms with Crippen molar-refractivity contribution in [2.75, 3.05) is 45.3 Å². The Morgan fingerprint density at radius 2 is 1.90 bits per heavy atom. The number of nitrogens with zero attached hydrogens (tertiary/aromatic N) is 2. The average molecular weight is 544 g/mol. The number of guanidine groups is 1. The van der Waals surface area contributed by atoms with E-state index in [1.165, 1.54) is 0 Å². The standard InChI is InChI=1S/C22H32N4O4.HI/c1-4-23-22(24-15-20(27)21-6-5-11-30-21)25-16-7-9-26(10-8-16)17-12-18(28-2)14-19(13-17)29-3;/h5-6,11-14,16,20,27H,4,7-10,15H2,1-3H3,(H2,23,24,25);1H. The second kappa shape index (κ2) is 12.7. The van der Waals surface area contributed by atoms with Crippen molar-refractivity contribution in [1.29, 1.82) is 0 Å². The smallest absolute Gasteiger partial charge is 0.191 e. The molecule has 1 unspecified atom stereocenters. The Bertz CT molecular complexity index is 786. The molecule has 2 heterocycles. The Morgan fingerprint density at radius 3 is 2.45 bits per heavy atom. The zero-order valence-electron chi connectivity index (χ0n) is 18.3. The number of halogens is 1. The van der Waals surface area contributed by atoms with E-state index in [2.05, 4.69) is 20.5 Å². The minimum Gasteiger partial charge on any atom is -0.497 e. The van der Waals surface area contributed by atoms with E-state index in [1.54, 1.807) is 32.6 Å². The molecule has 1 fully saturated rings. The van der Waals surface area contributed by atoms with Gasteiger partial charge in [0.05, 0.1) is 27.0 Å². The van der Waals surface area contributed by atoms with E-state index in [9.17, 15) is 5.11 Å². The Hall–Kier alpha value is -2.14. The lowest BCUT2D eigenvalue weighted by atomic mass is 10.0. The molecular weight excluding hydrogens is 511 g/mol. The molecule has 0 bridgehead atoms. The summed E-state index contributed by atoms with van der Waals surface area (Å²) in [5.41, 5.74) is 1.10. The van der Waals surface area contributed by atoms with Crippen LogP contribution >= 0.6 is 24.0 Å². The molecule has 1 aromatic carbocycles. The first-order chi connectivity index (χ1) is 14.6. The third-order valence-electron chi connectivity index (χ3n) is 5.18. The van der Waals surface area contributed by atoms with Gasteiger partial charge in [-0.05, 0) is 31.9 Å². The van der Waals surface area contributed by atoms with Gasteiger partial charge >= 0.3 is 0 Å². The predicted octanol–water partition coefficient (Wildman–Crippen LogP) is 3.17. The number of rotatable bonds is 8. The monoisotopic (exact) mass is 544 g/mol. The molecule has 0 aliphatic carbocycles. The number of piperidine rings is 1. The zero-order chi connectivity index (χ0) is 21.3. The van der Waals surface area contributed by atoms with Gasteiger partial charge in [0.25, 0.3) is 0 Å². The first-order valence-corrected chi connectivity index (χ1v) is 10.4. The molecule has 0 amide bonds. The predicted molar refractivity (Wildman–Crippen MR) is 133 cm³/mol. The fourth-order valence-corrected chi connectivity index (χ4v) is 3.52. The molecule has 0 radical (unpaired) electrons. The maximum absolute atomic E-state index is 10.2. The summed E-state index contributed by atoms with van der Waals surface area (Å²) in [5, 5.41) is 16.9. The number of hydrogen-bond donors (Lipinski definition) is 3. The first kappa shape index (κ1) is 25.1. The van der Waals surface area contributed by atoms with Gasteiger partial charge in [-0.15, -0.1) is 24.0 Å². The van der Waals surface area contributed by atoms with Crippen molar-refractivity contribution >= 4 is 35.6 Å². The lowest BCUT2D eigenvalue weighted by molar-refractivity contribution is 0.158. The lowest BCUT2D eigenvalue weighted by Crippen LogP contribution is -2.48. The molecule has 2 aromatic rings. The van der Waals surface area contributed by atoms with Crippen molar-refractivity contribution in [1.82, 2.24) is 10.6 Å². The van der Waals surface area contributed by atoms with Gasteiger partial charge in [-0.3, -0.25) is 4.99 Å². The molecule has 1 atom stereocenters. The molecule has 0 spiro atoms. The Morgan fingerprint density at radius 1 is 1.23 bits per heavy atom. The summed E-state index contributed by atoms with van der Waals surface area (Å²) in [6.45, 7) is 4.86. The van der Waals surface area contributed by atoms with Gasteiger partial charge in [0.1, 0.15) is 23.4 Å². The van der Waals surface area contributed by atoms with Crippen LogP contribution in [0.4, 0.5) is 5.69 Å². The van der Waals surface area contributed by atoms with E-state index in [0.29, 0.717) is 17.8 Å². The van der Waals surface area contributed by atoms with E-state index >= 15 is 0 Å². The highest BCUT2D eigenvalue weighted by Crippen LogP contribution is 2.30. The molecule has 172 valence electrons. The van der Waals surface area contributed by atoms with Gasteiger partial charge in [0.2, 0.25) is 0 Å². The molecule has 1 aliphatic heterocycles. The van der Waals surface area contributed by atoms with Crippen molar-refractivity contribution in [3.63, 3.8) is 0 Å². The fraction of sp³-hybridized carbons (Fsp3) is 0.500. The third kappa shape index (κ3) is 7.20. The number of methoxy groups -OCH3 is 2. The number of nitrogens with one attached hydrogen (secondary N) is 2. The van der Waals surface area contributed by atoms with Crippen molar-refractivity contribution in [3.05, 3.63) is 42.4 Å². The SMILES string of the molecule is CCNC(=NCC(O)c1ccco1)NC1CCN(c2cc(OC)cc(OC)c2)CC1.I. The van der Waals surface area contributed by atoms with Crippen LogP contribution in [-0.2, 0) is 0 Å². The molecular formula is C22H33IN4O4. The summed E-state index contributed by atoms with van der Waals surface area (Å²) in [4.78, 5) is 6.86. The maximum atomic E-state index is 10.2. The lowest BCUT2D eigenvalue weighted by Gasteiger charge is -2.34. The number of aliphatic hydroxyl groups excluding tert-OH is 1.